The number of rotatable bonds is 9. The molecule has 0 aliphatic heterocycles. The molecule has 31 heavy (non-hydrogen) atoms. The zero-order valence-electron chi connectivity index (χ0n) is 17.0. The van der Waals surface area contributed by atoms with E-state index in [4.69, 9.17) is 4.74 Å². The first kappa shape index (κ1) is 24.2. The summed E-state index contributed by atoms with van der Waals surface area (Å²) >= 11 is 0. The smallest absolute Gasteiger partial charge is 0.338 e. The third kappa shape index (κ3) is 6.43. The molecule has 1 amide bonds. The Morgan fingerprint density at radius 1 is 1.23 bits per heavy atom. The summed E-state index contributed by atoms with van der Waals surface area (Å²) in [5.74, 6) is -3.05. The highest BCUT2D eigenvalue weighted by molar-refractivity contribution is 7.89. The van der Waals surface area contributed by atoms with E-state index in [2.05, 4.69) is 11.3 Å². The Hall–Kier alpha value is -3.11. The van der Waals surface area contributed by atoms with Crippen LogP contribution >= 0.6 is 0 Å². The van der Waals surface area contributed by atoms with Crippen molar-refractivity contribution in [3.63, 3.8) is 0 Å². The fraction of sp³-hybridized carbons (Fsp3) is 0.238. The minimum absolute atomic E-state index is 0.0897. The SMILES string of the molecule is C=CCNS(=O)(=O)c1cc(C(=O)OC(C)C(=O)N(C)Cc2cccc(F)c2)ccc1F. The number of likely N-dealkylation sites (N-methyl/N-ethyl adjacent to an activating group) is 1. The molecule has 0 aliphatic rings. The lowest BCUT2D eigenvalue weighted by atomic mass is 10.2. The number of hydrogen-bond donors (Lipinski definition) is 1. The standard InChI is InChI=1S/C21H22F2N2O5S/c1-4-10-24-31(28,29)19-12-16(8-9-18(19)23)21(27)30-14(2)20(26)25(3)13-15-6-5-7-17(22)11-15/h4-9,11-12,14,24H,1,10,13H2,2-3H3. The lowest BCUT2D eigenvalue weighted by molar-refractivity contribution is -0.139. The Morgan fingerprint density at radius 3 is 2.58 bits per heavy atom. The summed E-state index contributed by atoms with van der Waals surface area (Å²) < 4.78 is 58.9. The summed E-state index contributed by atoms with van der Waals surface area (Å²) in [5, 5.41) is 0. The molecule has 10 heteroatoms. The minimum atomic E-state index is -4.22. The van der Waals surface area contributed by atoms with E-state index in [0.29, 0.717) is 5.56 Å². The highest BCUT2D eigenvalue weighted by Gasteiger charge is 2.25. The number of halogens is 2. The van der Waals surface area contributed by atoms with Gasteiger partial charge in [-0.15, -0.1) is 6.58 Å². The number of hydrogen-bond acceptors (Lipinski definition) is 5. The number of nitrogens with one attached hydrogen (secondary N) is 1. The highest BCUT2D eigenvalue weighted by atomic mass is 32.2. The predicted molar refractivity (Wildman–Crippen MR) is 110 cm³/mol. The molecule has 0 saturated carbocycles. The molecule has 0 spiro atoms. The van der Waals surface area contributed by atoms with Crippen LogP contribution in [0.25, 0.3) is 0 Å². The minimum Gasteiger partial charge on any atom is -0.449 e. The molecule has 0 fully saturated rings. The van der Waals surface area contributed by atoms with Gasteiger partial charge in [0.25, 0.3) is 5.91 Å². The average Bonchev–Trinajstić information content (AvgIpc) is 2.71. The quantitative estimate of drug-likeness (QED) is 0.467. The number of amides is 1. The van der Waals surface area contributed by atoms with Crippen LogP contribution in [0.5, 0.6) is 0 Å². The molecule has 0 heterocycles. The van der Waals surface area contributed by atoms with Crippen LogP contribution in [-0.4, -0.2) is 44.9 Å². The third-order valence-corrected chi connectivity index (χ3v) is 5.63. The molecule has 1 unspecified atom stereocenters. The summed E-state index contributed by atoms with van der Waals surface area (Å²) in [4.78, 5) is 25.4. The maximum Gasteiger partial charge on any atom is 0.338 e. The van der Waals surface area contributed by atoms with Crippen LogP contribution in [0.4, 0.5) is 8.78 Å². The van der Waals surface area contributed by atoms with Crippen molar-refractivity contribution >= 4 is 21.9 Å². The second-order valence-electron chi connectivity index (χ2n) is 6.66. The fourth-order valence-corrected chi connectivity index (χ4v) is 3.76. The van der Waals surface area contributed by atoms with Gasteiger partial charge < -0.3 is 9.64 Å². The summed E-state index contributed by atoms with van der Waals surface area (Å²) in [6.07, 6.45) is 0.0661. The Morgan fingerprint density at radius 2 is 1.94 bits per heavy atom. The maximum atomic E-state index is 14.0. The summed E-state index contributed by atoms with van der Waals surface area (Å²) in [6, 6.07) is 8.41. The first-order valence-corrected chi connectivity index (χ1v) is 10.6. The molecule has 7 nitrogen and oxygen atoms in total. The zero-order chi connectivity index (χ0) is 23.2. The Bertz CT molecular complexity index is 1090. The van der Waals surface area contributed by atoms with Gasteiger partial charge in [0.2, 0.25) is 10.0 Å². The second kappa shape index (κ2) is 10.3. The number of esters is 1. The molecule has 0 aliphatic carbocycles. The van der Waals surface area contributed by atoms with Crippen molar-refractivity contribution in [1.29, 1.82) is 0 Å². The number of carbonyl (C=O) groups is 2. The Kier molecular flexibility index (Phi) is 8.01. The fourth-order valence-electron chi connectivity index (χ4n) is 2.66. The molecule has 2 rings (SSSR count). The van der Waals surface area contributed by atoms with Gasteiger partial charge in [-0.1, -0.05) is 18.2 Å². The van der Waals surface area contributed by atoms with Crippen molar-refractivity contribution < 1.29 is 31.5 Å². The van der Waals surface area contributed by atoms with Gasteiger partial charge in [-0.05, 0) is 42.8 Å². The van der Waals surface area contributed by atoms with E-state index in [1.807, 2.05) is 0 Å². The largest absolute Gasteiger partial charge is 0.449 e. The van der Waals surface area contributed by atoms with Gasteiger partial charge in [0.05, 0.1) is 5.56 Å². The molecular weight excluding hydrogens is 430 g/mol. The molecule has 2 aromatic carbocycles. The third-order valence-electron chi connectivity index (χ3n) is 4.19. The highest BCUT2D eigenvalue weighted by Crippen LogP contribution is 2.18. The molecule has 0 aromatic heterocycles. The molecule has 0 bridgehead atoms. The van der Waals surface area contributed by atoms with E-state index < -0.39 is 44.5 Å². The van der Waals surface area contributed by atoms with Gasteiger partial charge in [0.1, 0.15) is 16.5 Å². The van der Waals surface area contributed by atoms with E-state index >= 15 is 0 Å². The van der Waals surface area contributed by atoms with Crippen LogP contribution in [0.15, 0.2) is 60.0 Å². The van der Waals surface area contributed by atoms with Crippen molar-refractivity contribution in [3.05, 3.63) is 77.9 Å². The van der Waals surface area contributed by atoms with E-state index in [-0.39, 0.29) is 18.7 Å². The molecule has 1 atom stereocenters. The first-order chi connectivity index (χ1) is 14.5. The zero-order valence-corrected chi connectivity index (χ0v) is 17.8. The topological polar surface area (TPSA) is 92.8 Å². The number of ether oxygens (including phenoxy) is 1. The molecule has 166 valence electrons. The van der Waals surface area contributed by atoms with Crippen LogP contribution in [0.2, 0.25) is 0 Å². The van der Waals surface area contributed by atoms with Crippen LogP contribution in [-0.2, 0) is 26.1 Å². The van der Waals surface area contributed by atoms with E-state index in [1.165, 1.54) is 43.1 Å². The van der Waals surface area contributed by atoms with Crippen LogP contribution < -0.4 is 4.72 Å². The van der Waals surface area contributed by atoms with Gasteiger partial charge in [-0.3, -0.25) is 4.79 Å². The molecule has 2 aromatic rings. The van der Waals surface area contributed by atoms with E-state index in [1.54, 1.807) is 6.07 Å². The Balaban J connectivity index is 2.10. The lowest BCUT2D eigenvalue weighted by Gasteiger charge is -2.21. The van der Waals surface area contributed by atoms with Gasteiger partial charge in [0, 0.05) is 20.1 Å². The van der Waals surface area contributed by atoms with Crippen molar-refractivity contribution in [2.45, 2.75) is 24.5 Å². The number of carbonyl (C=O) groups excluding carboxylic acids is 2. The van der Waals surface area contributed by atoms with Crippen molar-refractivity contribution in [2.75, 3.05) is 13.6 Å². The van der Waals surface area contributed by atoms with Gasteiger partial charge in [-0.25, -0.2) is 26.7 Å². The van der Waals surface area contributed by atoms with Crippen molar-refractivity contribution in [3.8, 4) is 0 Å². The number of nitrogens with zero attached hydrogens (tertiary/aromatic N) is 1. The molecule has 0 saturated heterocycles. The molecule has 0 radical (unpaired) electrons. The maximum absolute atomic E-state index is 14.0. The molecule has 1 N–H and O–H groups in total. The van der Waals surface area contributed by atoms with Crippen LogP contribution in [0, 0.1) is 11.6 Å². The Labute approximate surface area is 179 Å². The predicted octanol–water partition coefficient (Wildman–Crippen LogP) is 2.63. The summed E-state index contributed by atoms with van der Waals surface area (Å²) in [5.41, 5.74) is 0.308. The van der Waals surface area contributed by atoms with Crippen molar-refractivity contribution in [1.82, 2.24) is 9.62 Å². The summed E-state index contributed by atoms with van der Waals surface area (Å²) in [6.45, 7) is 4.68. The monoisotopic (exact) mass is 452 g/mol. The van der Waals surface area contributed by atoms with Gasteiger partial charge in [0.15, 0.2) is 6.10 Å². The first-order valence-electron chi connectivity index (χ1n) is 9.15. The van der Waals surface area contributed by atoms with E-state index in [9.17, 15) is 26.8 Å². The van der Waals surface area contributed by atoms with Gasteiger partial charge in [-0.2, -0.15) is 0 Å². The van der Waals surface area contributed by atoms with Crippen LogP contribution in [0.1, 0.15) is 22.8 Å². The average molecular weight is 452 g/mol. The van der Waals surface area contributed by atoms with Crippen molar-refractivity contribution in [2.24, 2.45) is 0 Å². The van der Waals surface area contributed by atoms with Gasteiger partial charge >= 0.3 is 5.97 Å². The number of benzene rings is 2. The molecular formula is C21H22F2N2O5S. The number of sulfonamides is 1. The van der Waals surface area contributed by atoms with Crippen LogP contribution in [0.3, 0.4) is 0 Å². The summed E-state index contributed by atoms with van der Waals surface area (Å²) in [7, 11) is -2.75. The second-order valence-corrected chi connectivity index (χ2v) is 8.39. The normalized spacial score (nSPS) is 12.1. The van der Waals surface area contributed by atoms with E-state index in [0.717, 1.165) is 18.2 Å². The lowest BCUT2D eigenvalue weighted by Crippen LogP contribution is -2.37.